The van der Waals surface area contributed by atoms with Crippen molar-refractivity contribution in [3.05, 3.63) is 29.6 Å². The summed E-state index contributed by atoms with van der Waals surface area (Å²) in [7, 11) is 0. The monoisotopic (exact) mass is 365 g/mol. The predicted molar refractivity (Wildman–Crippen MR) is 83.5 cm³/mol. The molecular weight excluding hydrogens is 349 g/mol. The second-order valence-corrected chi connectivity index (χ2v) is 6.06. The van der Waals surface area contributed by atoms with Crippen LogP contribution in [0.2, 0.25) is 0 Å². The van der Waals surface area contributed by atoms with Crippen LogP contribution in [0.1, 0.15) is 18.9 Å². The van der Waals surface area contributed by atoms with Crippen LogP contribution in [0.25, 0.3) is 0 Å². The first-order valence-corrected chi connectivity index (χ1v) is 7.64. The number of nitrogens with two attached hydrogens (primary N) is 2. The summed E-state index contributed by atoms with van der Waals surface area (Å²) in [5.41, 5.74) is 5.53. The average molecular weight is 365 g/mol. The van der Waals surface area contributed by atoms with E-state index in [1.165, 1.54) is 13.0 Å². The highest BCUT2D eigenvalue weighted by Gasteiger charge is 2.59. The smallest absolute Gasteiger partial charge is 0.332 e. The Hall–Kier alpha value is -3.05. The van der Waals surface area contributed by atoms with Gasteiger partial charge >= 0.3 is 6.03 Å². The molecule has 1 aromatic carbocycles. The van der Waals surface area contributed by atoms with Crippen molar-refractivity contribution in [2.24, 2.45) is 11.6 Å². The van der Waals surface area contributed by atoms with Gasteiger partial charge in [-0.1, -0.05) is 0 Å². The zero-order valence-corrected chi connectivity index (χ0v) is 13.6. The molecule has 1 saturated heterocycles. The van der Waals surface area contributed by atoms with Gasteiger partial charge in [-0.2, -0.15) is 4.90 Å². The van der Waals surface area contributed by atoms with Gasteiger partial charge in [-0.3, -0.25) is 19.8 Å². The Balaban J connectivity index is 2.14. The van der Waals surface area contributed by atoms with E-state index in [0.717, 1.165) is 12.1 Å². The minimum absolute atomic E-state index is 0.00287. The summed E-state index contributed by atoms with van der Waals surface area (Å²) in [4.78, 5) is 49.8. The molecule has 0 aliphatic carbocycles. The molecule has 138 valence electrons. The van der Waals surface area contributed by atoms with Crippen LogP contribution < -0.4 is 27.1 Å². The summed E-state index contributed by atoms with van der Waals surface area (Å²) >= 11 is 0. The number of nitrogens with one attached hydrogen (secondary N) is 2. The molecule has 1 aromatic rings. The number of hydrogen-bond acceptors (Lipinski definition) is 7. The highest BCUT2D eigenvalue weighted by Crippen LogP contribution is 2.43. The van der Waals surface area contributed by atoms with E-state index in [9.17, 15) is 23.6 Å². The third-order valence-corrected chi connectivity index (χ3v) is 4.30. The van der Waals surface area contributed by atoms with Gasteiger partial charge in [0.2, 0.25) is 0 Å². The number of nitrogens with zero attached hydrogens (tertiary/aromatic N) is 1. The lowest BCUT2D eigenvalue weighted by Gasteiger charge is -2.36. The van der Waals surface area contributed by atoms with Gasteiger partial charge in [-0.25, -0.2) is 15.0 Å². The third kappa shape index (κ3) is 2.48. The highest BCUT2D eigenvalue weighted by molar-refractivity contribution is 6.19. The number of urea groups is 1. The summed E-state index contributed by atoms with van der Waals surface area (Å²) in [5.74, 6) is 1.80. The number of hydrazine groups is 1. The maximum Gasteiger partial charge on any atom is 0.332 e. The Morgan fingerprint density at radius 2 is 2.15 bits per heavy atom. The Kier molecular flexibility index (Phi) is 4.12. The number of halogens is 1. The quantitative estimate of drug-likeness (QED) is 0.217. The SMILES string of the molecule is C[C@H](N)C(=O)N1C(=O)NC2(CC(C(=O)NN)Oc3ccc(F)cc32)C1=O. The van der Waals surface area contributed by atoms with Crippen LogP contribution in [0.3, 0.4) is 0 Å². The summed E-state index contributed by atoms with van der Waals surface area (Å²) in [5, 5.41) is 2.39. The first-order valence-electron chi connectivity index (χ1n) is 7.64. The van der Waals surface area contributed by atoms with E-state index in [1.54, 1.807) is 0 Å². The van der Waals surface area contributed by atoms with Crippen LogP contribution in [-0.4, -0.2) is 40.8 Å². The molecule has 11 heteroatoms. The molecule has 1 spiro atoms. The van der Waals surface area contributed by atoms with Crippen molar-refractivity contribution in [1.82, 2.24) is 15.6 Å². The molecule has 0 radical (unpaired) electrons. The van der Waals surface area contributed by atoms with Gasteiger partial charge in [0, 0.05) is 12.0 Å². The maximum atomic E-state index is 13.8. The van der Waals surface area contributed by atoms with Crippen molar-refractivity contribution in [1.29, 1.82) is 0 Å². The molecule has 2 unspecified atom stereocenters. The Labute approximate surface area is 146 Å². The van der Waals surface area contributed by atoms with Crippen LogP contribution in [0.4, 0.5) is 9.18 Å². The molecule has 0 aromatic heterocycles. The van der Waals surface area contributed by atoms with Crippen LogP contribution in [-0.2, 0) is 19.9 Å². The minimum Gasteiger partial charge on any atom is -0.480 e. The molecule has 26 heavy (non-hydrogen) atoms. The first kappa shape index (κ1) is 17.8. The zero-order chi connectivity index (χ0) is 19.2. The molecule has 5 amide bonds. The number of imide groups is 3. The molecule has 2 aliphatic rings. The normalized spacial score (nSPS) is 25.4. The number of fused-ring (bicyclic) bond motifs is 2. The van der Waals surface area contributed by atoms with E-state index in [2.05, 4.69) is 5.32 Å². The number of hydrogen-bond donors (Lipinski definition) is 4. The van der Waals surface area contributed by atoms with Gasteiger partial charge in [0.25, 0.3) is 17.7 Å². The van der Waals surface area contributed by atoms with Gasteiger partial charge in [-0.15, -0.1) is 0 Å². The van der Waals surface area contributed by atoms with Crippen molar-refractivity contribution in [2.75, 3.05) is 0 Å². The molecular formula is C15H16FN5O5. The first-order chi connectivity index (χ1) is 12.2. The van der Waals surface area contributed by atoms with Crippen molar-refractivity contribution in [3.8, 4) is 5.75 Å². The van der Waals surface area contributed by atoms with Crippen LogP contribution >= 0.6 is 0 Å². The summed E-state index contributed by atoms with van der Waals surface area (Å²) in [6, 6.07) is 1.17. The van der Waals surface area contributed by atoms with E-state index in [4.69, 9.17) is 16.3 Å². The fourth-order valence-corrected chi connectivity index (χ4v) is 3.06. The van der Waals surface area contributed by atoms with Gasteiger partial charge in [0.05, 0.1) is 6.04 Å². The van der Waals surface area contributed by atoms with Gasteiger partial charge in [0.1, 0.15) is 11.6 Å². The van der Waals surface area contributed by atoms with Gasteiger partial charge in [-0.05, 0) is 25.1 Å². The van der Waals surface area contributed by atoms with E-state index in [0.29, 0.717) is 4.90 Å². The van der Waals surface area contributed by atoms with E-state index >= 15 is 0 Å². The zero-order valence-electron chi connectivity index (χ0n) is 13.6. The summed E-state index contributed by atoms with van der Waals surface area (Å²) in [6.07, 6.45) is -1.62. The molecule has 0 bridgehead atoms. The van der Waals surface area contributed by atoms with Crippen LogP contribution in [0.15, 0.2) is 18.2 Å². The number of ether oxygens (including phenoxy) is 1. The molecule has 10 nitrogen and oxygen atoms in total. The fraction of sp³-hybridized carbons (Fsp3) is 0.333. The van der Waals surface area contributed by atoms with Crippen molar-refractivity contribution < 1.29 is 28.3 Å². The highest BCUT2D eigenvalue weighted by atomic mass is 19.1. The Morgan fingerprint density at radius 3 is 2.77 bits per heavy atom. The number of carbonyl (C=O) groups excluding carboxylic acids is 4. The number of amides is 5. The molecule has 1 fully saturated rings. The second-order valence-electron chi connectivity index (χ2n) is 6.06. The summed E-state index contributed by atoms with van der Waals surface area (Å²) < 4.78 is 19.2. The predicted octanol–water partition coefficient (Wildman–Crippen LogP) is -1.41. The van der Waals surface area contributed by atoms with Crippen molar-refractivity contribution in [3.63, 3.8) is 0 Å². The van der Waals surface area contributed by atoms with Gasteiger partial charge < -0.3 is 15.8 Å². The Bertz CT molecular complexity index is 829. The second kappa shape index (κ2) is 6.04. The summed E-state index contributed by atoms with van der Waals surface area (Å²) in [6.45, 7) is 1.32. The lowest BCUT2D eigenvalue weighted by atomic mass is 9.81. The standard InChI is InChI=1S/C15H16FN5O5/c1-6(17)12(23)21-13(24)15(19-14(21)25)5-10(11(22)20-18)26-9-3-2-7(16)4-8(9)15/h2-4,6,10H,5,17-18H2,1H3,(H,19,25)(H,20,22)/t6-,10?,15?/m0/s1. The molecule has 0 saturated carbocycles. The number of carbonyl (C=O) groups is 4. The number of benzene rings is 1. The van der Waals surface area contributed by atoms with Crippen molar-refractivity contribution in [2.45, 2.75) is 31.0 Å². The molecule has 3 rings (SSSR count). The van der Waals surface area contributed by atoms with Crippen LogP contribution in [0, 0.1) is 5.82 Å². The van der Waals surface area contributed by atoms with E-state index < -0.39 is 47.3 Å². The largest absolute Gasteiger partial charge is 0.480 e. The van der Waals surface area contributed by atoms with E-state index in [1.807, 2.05) is 5.43 Å². The van der Waals surface area contributed by atoms with Gasteiger partial charge in [0.15, 0.2) is 11.6 Å². The van der Waals surface area contributed by atoms with E-state index in [-0.39, 0.29) is 17.7 Å². The van der Waals surface area contributed by atoms with Crippen molar-refractivity contribution >= 4 is 23.8 Å². The fourth-order valence-electron chi connectivity index (χ4n) is 3.06. The lowest BCUT2D eigenvalue weighted by molar-refractivity contribution is -0.144. The number of rotatable bonds is 2. The van der Waals surface area contributed by atoms with Crippen LogP contribution in [0.5, 0.6) is 5.75 Å². The average Bonchev–Trinajstić information content (AvgIpc) is 2.84. The Morgan fingerprint density at radius 1 is 1.46 bits per heavy atom. The molecule has 2 heterocycles. The lowest BCUT2D eigenvalue weighted by Crippen LogP contribution is -2.55. The molecule has 6 N–H and O–H groups in total. The molecule has 3 atom stereocenters. The minimum atomic E-state index is -1.85. The third-order valence-electron chi connectivity index (χ3n) is 4.30. The maximum absolute atomic E-state index is 13.8. The topological polar surface area (TPSA) is 157 Å². The molecule has 2 aliphatic heterocycles.